The molecule has 0 radical (unpaired) electrons. The van der Waals surface area contributed by atoms with Crippen LogP contribution in [0.4, 0.5) is 0 Å². The summed E-state index contributed by atoms with van der Waals surface area (Å²) in [5, 5.41) is 2.55. The monoisotopic (exact) mass is 362 g/mol. The van der Waals surface area contributed by atoms with Crippen molar-refractivity contribution in [3.05, 3.63) is 24.7 Å². The van der Waals surface area contributed by atoms with Crippen LogP contribution in [0.3, 0.4) is 0 Å². The summed E-state index contributed by atoms with van der Waals surface area (Å²) in [5.41, 5.74) is 0. The Kier molecular flexibility index (Phi) is 4.33. The van der Waals surface area contributed by atoms with Crippen molar-refractivity contribution in [2.24, 2.45) is 0 Å². The van der Waals surface area contributed by atoms with E-state index in [0.29, 0.717) is 5.82 Å². The van der Waals surface area contributed by atoms with Crippen molar-refractivity contribution in [2.45, 2.75) is 44.2 Å². The summed E-state index contributed by atoms with van der Waals surface area (Å²) in [6.07, 6.45) is 0.231. The first-order chi connectivity index (χ1) is 11.1. The lowest BCUT2D eigenvalue weighted by Gasteiger charge is -2.34. The molecule has 11 heteroatoms. The summed E-state index contributed by atoms with van der Waals surface area (Å²) in [5.74, 6) is -0.894. The first kappa shape index (κ1) is 17.6. The summed E-state index contributed by atoms with van der Waals surface area (Å²) in [6.45, 7) is 6.85. The lowest BCUT2D eigenvalue weighted by Crippen LogP contribution is -2.46. The fourth-order valence-corrected chi connectivity index (χ4v) is 3.25. The number of hydrogen-bond acceptors (Lipinski definition) is 7. The third-order valence-corrected chi connectivity index (χ3v) is 4.26. The molecule has 0 aromatic rings. The molecule has 3 aliphatic rings. The second kappa shape index (κ2) is 5.92. The van der Waals surface area contributed by atoms with Gasteiger partial charge in [0.1, 0.15) is 24.1 Å². The smallest absolute Gasteiger partial charge is 0.347 e. The number of carbonyl (C=O) groups is 1. The van der Waals surface area contributed by atoms with Crippen LogP contribution in [-0.4, -0.2) is 57.5 Å². The highest BCUT2D eigenvalue weighted by Crippen LogP contribution is 2.43. The summed E-state index contributed by atoms with van der Waals surface area (Å²) in [7, 11) is -4.64. The average molecular weight is 362 g/mol. The molecule has 2 unspecified atom stereocenters. The van der Waals surface area contributed by atoms with Crippen molar-refractivity contribution >= 4 is 13.7 Å². The van der Waals surface area contributed by atoms with Crippen LogP contribution in [0.25, 0.3) is 0 Å². The lowest BCUT2D eigenvalue weighted by atomic mass is 10.1. The Morgan fingerprint density at radius 1 is 1.42 bits per heavy atom. The molecule has 10 nitrogen and oxygen atoms in total. The predicted molar refractivity (Wildman–Crippen MR) is 78.7 cm³/mol. The minimum atomic E-state index is -4.64. The molecular weight excluding hydrogens is 343 g/mol. The number of nitrogens with zero attached hydrogens (tertiary/aromatic N) is 1. The van der Waals surface area contributed by atoms with Gasteiger partial charge < -0.3 is 34.2 Å². The number of phosphoric ester groups is 1. The molecule has 3 aliphatic heterocycles. The van der Waals surface area contributed by atoms with Gasteiger partial charge in [-0.3, -0.25) is 9.32 Å². The van der Waals surface area contributed by atoms with Crippen LogP contribution in [0, 0.1) is 0 Å². The Labute approximate surface area is 138 Å². The first-order valence-electron chi connectivity index (χ1n) is 7.23. The molecule has 1 amide bonds. The van der Waals surface area contributed by atoms with Gasteiger partial charge in [0.2, 0.25) is 0 Å². The van der Waals surface area contributed by atoms with Gasteiger partial charge in [-0.15, -0.1) is 0 Å². The highest BCUT2D eigenvalue weighted by Gasteiger charge is 2.57. The molecule has 0 saturated carbocycles. The van der Waals surface area contributed by atoms with Crippen LogP contribution in [-0.2, 0) is 28.1 Å². The summed E-state index contributed by atoms with van der Waals surface area (Å²) in [6, 6.07) is 0. The number of phosphoric acid groups is 1. The lowest BCUT2D eigenvalue weighted by molar-refractivity contribution is -0.202. The Balaban J connectivity index is 1.80. The van der Waals surface area contributed by atoms with Crippen molar-refractivity contribution in [1.82, 2.24) is 10.2 Å². The molecule has 24 heavy (non-hydrogen) atoms. The van der Waals surface area contributed by atoms with Gasteiger partial charge in [0.05, 0.1) is 6.61 Å². The van der Waals surface area contributed by atoms with Crippen molar-refractivity contribution in [1.29, 1.82) is 0 Å². The topological polar surface area (TPSA) is 127 Å². The van der Waals surface area contributed by atoms with E-state index in [4.69, 9.17) is 24.0 Å². The van der Waals surface area contributed by atoms with Crippen molar-refractivity contribution in [2.75, 3.05) is 6.61 Å². The molecule has 3 heterocycles. The zero-order valence-corrected chi connectivity index (χ0v) is 14.0. The van der Waals surface area contributed by atoms with Gasteiger partial charge >= 0.3 is 7.82 Å². The third kappa shape index (κ3) is 3.55. The number of nitrogens with one attached hydrogen (secondary N) is 1. The standard InChI is InChI=1S/C13H19N2O8P/c1-7-14-9(16)4-5-15(7)12-11-10(22-13(2,3)23-11)8(21-12)6-20-24(17,18)19/h4-5,8,10-12H,1,6H2,2-3H3,(H,14,16)(H2,17,18,19)/t8?,10-,11?,12-/m1/s1. The number of fused-ring (bicyclic) bond motifs is 1. The Morgan fingerprint density at radius 3 is 2.71 bits per heavy atom. The predicted octanol–water partition coefficient (Wildman–Crippen LogP) is -0.243. The molecule has 4 atom stereocenters. The molecule has 3 rings (SSSR count). The zero-order chi connectivity index (χ0) is 17.7. The molecule has 0 bridgehead atoms. The fourth-order valence-electron chi connectivity index (χ4n) is 2.91. The van der Waals surface area contributed by atoms with Crippen molar-refractivity contribution < 1.29 is 37.9 Å². The molecule has 0 aliphatic carbocycles. The number of carbonyl (C=O) groups excluding carboxylic acids is 1. The van der Waals surface area contributed by atoms with E-state index in [0.717, 1.165) is 0 Å². The van der Waals surface area contributed by atoms with Crippen molar-refractivity contribution in [3.63, 3.8) is 0 Å². The van der Waals surface area contributed by atoms with Gasteiger partial charge in [-0.25, -0.2) is 4.57 Å². The maximum Gasteiger partial charge on any atom is 0.469 e. The van der Waals surface area contributed by atoms with Gasteiger partial charge in [0, 0.05) is 12.3 Å². The van der Waals surface area contributed by atoms with Gasteiger partial charge in [-0.05, 0) is 13.8 Å². The van der Waals surface area contributed by atoms with Crippen LogP contribution in [0.15, 0.2) is 24.7 Å². The second-order valence-corrected chi connectivity index (χ2v) is 7.31. The average Bonchev–Trinajstić information content (AvgIpc) is 2.90. The quantitative estimate of drug-likeness (QED) is 0.581. The number of hydrogen-bond donors (Lipinski definition) is 3. The molecule has 0 spiro atoms. The van der Waals surface area contributed by atoms with Crippen LogP contribution in [0.5, 0.6) is 0 Å². The number of amides is 1. The Bertz CT molecular complexity index is 629. The molecule has 2 fully saturated rings. The van der Waals surface area contributed by atoms with E-state index in [-0.39, 0.29) is 12.5 Å². The maximum absolute atomic E-state index is 11.4. The van der Waals surface area contributed by atoms with Crippen LogP contribution in [0.2, 0.25) is 0 Å². The fraction of sp³-hybridized carbons (Fsp3) is 0.615. The van der Waals surface area contributed by atoms with Gasteiger partial charge in [0.25, 0.3) is 5.91 Å². The van der Waals surface area contributed by atoms with E-state index < -0.39 is 38.1 Å². The number of rotatable bonds is 4. The van der Waals surface area contributed by atoms with Crippen molar-refractivity contribution in [3.8, 4) is 0 Å². The molecule has 0 aromatic heterocycles. The van der Waals surface area contributed by atoms with E-state index in [1.54, 1.807) is 18.7 Å². The third-order valence-electron chi connectivity index (χ3n) is 3.77. The van der Waals surface area contributed by atoms with Crippen LogP contribution >= 0.6 is 7.82 Å². The molecule has 0 aromatic carbocycles. The maximum atomic E-state index is 11.4. The molecule has 2 saturated heterocycles. The zero-order valence-electron chi connectivity index (χ0n) is 13.1. The Morgan fingerprint density at radius 2 is 2.08 bits per heavy atom. The van der Waals surface area contributed by atoms with E-state index in [9.17, 15) is 9.36 Å². The van der Waals surface area contributed by atoms with Gasteiger partial charge in [0.15, 0.2) is 12.0 Å². The van der Waals surface area contributed by atoms with Gasteiger partial charge in [-0.2, -0.15) is 0 Å². The second-order valence-electron chi connectivity index (χ2n) is 6.08. The highest BCUT2D eigenvalue weighted by atomic mass is 31.2. The van der Waals surface area contributed by atoms with Gasteiger partial charge in [-0.1, -0.05) is 6.58 Å². The highest BCUT2D eigenvalue weighted by molar-refractivity contribution is 7.46. The molecule has 134 valence electrons. The van der Waals surface area contributed by atoms with E-state index >= 15 is 0 Å². The minimum Gasteiger partial charge on any atom is -0.347 e. The van der Waals surface area contributed by atoms with E-state index in [1.165, 1.54) is 12.3 Å². The summed E-state index contributed by atoms with van der Waals surface area (Å²) < 4.78 is 32.9. The Hall–Kier alpha value is -1.26. The van der Waals surface area contributed by atoms with Crippen LogP contribution < -0.4 is 5.32 Å². The first-order valence-corrected chi connectivity index (χ1v) is 8.76. The van der Waals surface area contributed by atoms with E-state index in [2.05, 4.69) is 16.4 Å². The largest absolute Gasteiger partial charge is 0.469 e. The molecule has 3 N–H and O–H groups in total. The number of ether oxygens (including phenoxy) is 3. The van der Waals surface area contributed by atoms with Crippen LogP contribution in [0.1, 0.15) is 13.8 Å². The van der Waals surface area contributed by atoms with E-state index in [1.807, 2.05) is 0 Å². The minimum absolute atomic E-state index is 0.302. The summed E-state index contributed by atoms with van der Waals surface area (Å²) in [4.78, 5) is 30.7. The normalized spacial score (nSPS) is 35.2. The summed E-state index contributed by atoms with van der Waals surface area (Å²) >= 11 is 0. The SMILES string of the molecule is C=C1NC(=O)C=CN1[C@@H]1OC(COP(=O)(O)O)[C@H]2OC(C)(C)OC21. The molecular formula is C13H19N2O8P.